The number of ether oxygens (including phenoxy) is 1. The van der Waals surface area contributed by atoms with Crippen LogP contribution in [-0.4, -0.2) is 7.11 Å². The van der Waals surface area contributed by atoms with Gasteiger partial charge in [0.25, 0.3) is 0 Å². The van der Waals surface area contributed by atoms with Crippen molar-refractivity contribution in [2.24, 2.45) is 0 Å². The van der Waals surface area contributed by atoms with Gasteiger partial charge in [-0.1, -0.05) is 78.4 Å². The van der Waals surface area contributed by atoms with Crippen LogP contribution in [0.4, 0.5) is 17.1 Å². The first-order chi connectivity index (χ1) is 17.7. The molecule has 0 aliphatic heterocycles. The minimum atomic E-state index is 0.847. The number of nitrogens with zero attached hydrogens (tertiary/aromatic N) is 1. The molecule has 0 aromatic heterocycles. The lowest BCUT2D eigenvalue weighted by molar-refractivity contribution is 0.415. The number of methoxy groups -OCH3 is 1. The second-order valence-corrected chi connectivity index (χ2v) is 9.11. The van der Waals surface area contributed by atoms with Crippen molar-refractivity contribution >= 4 is 38.6 Å². The highest BCUT2D eigenvalue weighted by molar-refractivity contribution is 6.14. The Bertz CT molecular complexity index is 1650. The summed E-state index contributed by atoms with van der Waals surface area (Å²) in [6.45, 7) is 2.12. The highest BCUT2D eigenvalue weighted by atomic mass is 16.5. The lowest BCUT2D eigenvalue weighted by Gasteiger charge is -2.26. The zero-order chi connectivity index (χ0) is 24.5. The molecule has 2 heteroatoms. The van der Waals surface area contributed by atoms with Gasteiger partial charge in [0.05, 0.1) is 7.11 Å². The molecular formula is C34H27NO. The van der Waals surface area contributed by atoms with Gasteiger partial charge in [-0.15, -0.1) is 0 Å². The normalized spacial score (nSPS) is 11.1. The predicted molar refractivity (Wildman–Crippen MR) is 153 cm³/mol. The van der Waals surface area contributed by atoms with E-state index in [1.54, 1.807) is 7.11 Å². The molecular weight excluding hydrogens is 438 g/mol. The lowest BCUT2D eigenvalue weighted by atomic mass is 9.93. The van der Waals surface area contributed by atoms with Gasteiger partial charge in [0.1, 0.15) is 5.75 Å². The Hall–Kier alpha value is -4.56. The first-order valence-electron chi connectivity index (χ1n) is 12.2. The molecule has 0 heterocycles. The van der Waals surface area contributed by atoms with E-state index in [0.717, 1.165) is 22.8 Å². The minimum absolute atomic E-state index is 0.847. The van der Waals surface area contributed by atoms with E-state index >= 15 is 0 Å². The van der Waals surface area contributed by atoms with E-state index in [0.29, 0.717) is 0 Å². The van der Waals surface area contributed by atoms with Crippen LogP contribution in [0.5, 0.6) is 5.75 Å². The number of benzene rings is 6. The highest BCUT2D eigenvalue weighted by Gasteiger charge is 2.15. The molecule has 6 aromatic rings. The van der Waals surface area contributed by atoms with Crippen molar-refractivity contribution in [3.8, 4) is 16.9 Å². The molecule has 0 radical (unpaired) electrons. The lowest BCUT2D eigenvalue weighted by Crippen LogP contribution is -2.09. The molecule has 6 rings (SSSR count). The molecule has 0 saturated carbocycles. The van der Waals surface area contributed by atoms with E-state index < -0.39 is 0 Å². The zero-order valence-corrected chi connectivity index (χ0v) is 20.5. The summed E-state index contributed by atoms with van der Waals surface area (Å²) in [4.78, 5) is 2.30. The van der Waals surface area contributed by atoms with Crippen LogP contribution in [0.2, 0.25) is 0 Å². The second-order valence-electron chi connectivity index (χ2n) is 9.11. The second kappa shape index (κ2) is 9.24. The van der Waals surface area contributed by atoms with Crippen molar-refractivity contribution in [2.75, 3.05) is 12.0 Å². The molecule has 174 valence electrons. The molecule has 0 saturated heterocycles. The smallest absolute Gasteiger partial charge is 0.119 e. The zero-order valence-electron chi connectivity index (χ0n) is 20.5. The summed E-state index contributed by atoms with van der Waals surface area (Å²) in [6, 6.07) is 45.4. The molecule has 0 fully saturated rings. The largest absolute Gasteiger partial charge is 0.497 e. The van der Waals surface area contributed by atoms with E-state index in [-0.39, 0.29) is 0 Å². The number of fused-ring (bicyclic) bond motifs is 3. The van der Waals surface area contributed by atoms with Crippen molar-refractivity contribution in [3.05, 3.63) is 133 Å². The summed E-state index contributed by atoms with van der Waals surface area (Å²) >= 11 is 0. The van der Waals surface area contributed by atoms with Crippen LogP contribution >= 0.6 is 0 Å². The molecule has 0 unspecified atom stereocenters. The van der Waals surface area contributed by atoms with Crippen LogP contribution in [-0.2, 0) is 0 Å². The summed E-state index contributed by atoms with van der Waals surface area (Å²) in [5.74, 6) is 0.847. The van der Waals surface area contributed by atoms with Crippen molar-refractivity contribution in [3.63, 3.8) is 0 Å². The quantitative estimate of drug-likeness (QED) is 0.235. The maximum absolute atomic E-state index is 5.41. The Labute approximate surface area is 212 Å². The summed E-state index contributed by atoms with van der Waals surface area (Å²) in [5.41, 5.74) is 7.04. The van der Waals surface area contributed by atoms with Crippen LogP contribution in [0.3, 0.4) is 0 Å². The van der Waals surface area contributed by atoms with Gasteiger partial charge in [0.15, 0.2) is 0 Å². The van der Waals surface area contributed by atoms with Gasteiger partial charge in [-0.2, -0.15) is 0 Å². The maximum Gasteiger partial charge on any atom is 0.119 e. The standard InChI is InChI=1S/C34H27NO/c1-24-12-14-27(15-13-24)35(28-16-19-30(36-2)20-17-28)29-18-21-31-26(22-29)23-34(25-8-4-3-5-9-25)33-11-7-6-10-32(31)33/h3-23H,1-2H3. The Kier molecular flexibility index (Phi) is 5.63. The van der Waals surface area contributed by atoms with E-state index in [4.69, 9.17) is 4.74 Å². The van der Waals surface area contributed by atoms with Crippen molar-refractivity contribution in [1.29, 1.82) is 0 Å². The third kappa shape index (κ3) is 3.97. The van der Waals surface area contributed by atoms with Crippen molar-refractivity contribution < 1.29 is 4.74 Å². The van der Waals surface area contributed by atoms with Gasteiger partial charge < -0.3 is 9.64 Å². The number of rotatable bonds is 5. The molecule has 0 spiro atoms. The molecule has 0 aliphatic rings. The van der Waals surface area contributed by atoms with E-state index in [1.165, 1.54) is 38.2 Å². The van der Waals surface area contributed by atoms with Gasteiger partial charge in [0, 0.05) is 17.1 Å². The Balaban J connectivity index is 1.58. The van der Waals surface area contributed by atoms with Crippen LogP contribution in [0.25, 0.3) is 32.7 Å². The number of aryl methyl sites for hydroxylation is 1. The number of anilines is 3. The van der Waals surface area contributed by atoms with Crippen molar-refractivity contribution in [2.45, 2.75) is 6.92 Å². The summed E-state index contributed by atoms with van der Waals surface area (Å²) in [5, 5.41) is 5.02. The monoisotopic (exact) mass is 465 g/mol. The van der Waals surface area contributed by atoms with Gasteiger partial charge in [-0.05, 0) is 94.2 Å². The summed E-state index contributed by atoms with van der Waals surface area (Å²) < 4.78 is 5.41. The number of hydrogen-bond acceptors (Lipinski definition) is 2. The van der Waals surface area contributed by atoms with Crippen LogP contribution in [0.15, 0.2) is 127 Å². The van der Waals surface area contributed by atoms with E-state index in [9.17, 15) is 0 Å². The summed E-state index contributed by atoms with van der Waals surface area (Å²) in [7, 11) is 1.70. The van der Waals surface area contributed by atoms with Crippen molar-refractivity contribution in [1.82, 2.24) is 0 Å². The highest BCUT2D eigenvalue weighted by Crippen LogP contribution is 2.40. The fourth-order valence-corrected chi connectivity index (χ4v) is 4.97. The average Bonchev–Trinajstić information content (AvgIpc) is 2.94. The number of hydrogen-bond donors (Lipinski definition) is 0. The van der Waals surface area contributed by atoms with Gasteiger partial charge in [-0.3, -0.25) is 0 Å². The SMILES string of the molecule is COc1ccc(N(c2ccc(C)cc2)c2ccc3c(c2)cc(-c2ccccc2)c2ccccc23)cc1. The van der Waals surface area contributed by atoms with Gasteiger partial charge in [-0.25, -0.2) is 0 Å². The predicted octanol–water partition coefficient (Wildman–Crippen LogP) is 9.45. The molecule has 0 aliphatic carbocycles. The molecule has 0 N–H and O–H groups in total. The Morgan fingerprint density at radius 2 is 1.14 bits per heavy atom. The minimum Gasteiger partial charge on any atom is -0.497 e. The molecule has 6 aromatic carbocycles. The fourth-order valence-electron chi connectivity index (χ4n) is 4.97. The maximum atomic E-state index is 5.41. The third-order valence-corrected chi connectivity index (χ3v) is 6.81. The Morgan fingerprint density at radius 3 is 1.83 bits per heavy atom. The van der Waals surface area contributed by atoms with Gasteiger partial charge >= 0.3 is 0 Å². The van der Waals surface area contributed by atoms with E-state index in [2.05, 4.69) is 127 Å². The third-order valence-electron chi connectivity index (χ3n) is 6.81. The summed E-state index contributed by atoms with van der Waals surface area (Å²) in [6.07, 6.45) is 0. The molecule has 2 nitrogen and oxygen atoms in total. The molecule has 0 atom stereocenters. The topological polar surface area (TPSA) is 12.5 Å². The first kappa shape index (κ1) is 21.9. The van der Waals surface area contributed by atoms with Crippen LogP contribution in [0, 0.1) is 6.92 Å². The first-order valence-corrected chi connectivity index (χ1v) is 12.2. The molecule has 0 bridgehead atoms. The average molecular weight is 466 g/mol. The van der Waals surface area contributed by atoms with E-state index in [1.807, 2.05) is 12.1 Å². The van der Waals surface area contributed by atoms with Crippen LogP contribution in [0.1, 0.15) is 5.56 Å². The Morgan fingerprint density at radius 1 is 0.528 bits per heavy atom. The molecule has 0 amide bonds. The molecule has 36 heavy (non-hydrogen) atoms. The van der Waals surface area contributed by atoms with Crippen LogP contribution < -0.4 is 9.64 Å². The fraction of sp³-hybridized carbons (Fsp3) is 0.0588. The van der Waals surface area contributed by atoms with Gasteiger partial charge in [0.2, 0.25) is 0 Å².